The van der Waals surface area contributed by atoms with Gasteiger partial charge in [0.25, 0.3) is 17.2 Å². The van der Waals surface area contributed by atoms with Crippen LogP contribution in [0.2, 0.25) is 0 Å². The van der Waals surface area contributed by atoms with Gasteiger partial charge in [-0.25, -0.2) is 9.64 Å². The van der Waals surface area contributed by atoms with E-state index in [4.69, 9.17) is 6.57 Å². The number of benzene rings is 1. The molecular formula is C16H11N5O4. The van der Waals surface area contributed by atoms with Crippen LogP contribution in [0, 0.1) is 6.57 Å². The standard InChI is InChI=1S/C16H11N5O4/c1-17-12(15(24)18-2)11-8-6-4-3-5-7(8)10(19-11)9-13(22)20-16(25)21-14(9)23/h3-6H,2H3,(H,18,24)(H3,20,21,22,23,25). The van der Waals surface area contributed by atoms with Crippen molar-refractivity contribution in [2.24, 2.45) is 4.99 Å². The number of aromatic amines is 2. The van der Waals surface area contributed by atoms with Crippen molar-refractivity contribution in [2.45, 2.75) is 0 Å². The van der Waals surface area contributed by atoms with Gasteiger partial charge in [0.1, 0.15) is 5.56 Å². The SMILES string of the molecule is [C-]#[N+]C(C(=O)NC)=C1N=C(c2c(O)[nH]c(=O)[nH]c2=O)c2ccccc21. The quantitative estimate of drug-likeness (QED) is 0.452. The lowest BCUT2D eigenvalue weighted by atomic mass is 10.00. The van der Waals surface area contributed by atoms with E-state index in [1.165, 1.54) is 7.05 Å². The van der Waals surface area contributed by atoms with E-state index in [2.05, 4.69) is 20.1 Å². The predicted octanol–water partition coefficient (Wildman–Crippen LogP) is -0.0463. The molecule has 0 saturated carbocycles. The Morgan fingerprint density at radius 1 is 1.24 bits per heavy atom. The molecule has 9 heteroatoms. The maximum atomic E-state index is 12.1. The average molecular weight is 337 g/mol. The zero-order chi connectivity index (χ0) is 18.1. The second-order valence-electron chi connectivity index (χ2n) is 5.03. The molecule has 1 aromatic carbocycles. The minimum atomic E-state index is -0.860. The lowest BCUT2D eigenvalue weighted by Crippen LogP contribution is -2.27. The molecule has 0 saturated heterocycles. The van der Waals surface area contributed by atoms with Crippen molar-refractivity contribution in [1.29, 1.82) is 0 Å². The fourth-order valence-corrected chi connectivity index (χ4v) is 2.52. The molecule has 1 aromatic heterocycles. The van der Waals surface area contributed by atoms with Gasteiger partial charge < -0.3 is 10.4 Å². The average Bonchev–Trinajstić information content (AvgIpc) is 2.94. The van der Waals surface area contributed by atoms with Gasteiger partial charge in [0.2, 0.25) is 5.88 Å². The molecule has 4 N–H and O–H groups in total. The van der Waals surface area contributed by atoms with Gasteiger partial charge in [-0.3, -0.25) is 24.5 Å². The van der Waals surface area contributed by atoms with E-state index in [0.29, 0.717) is 11.1 Å². The number of amides is 1. The summed E-state index contributed by atoms with van der Waals surface area (Å²) in [6, 6.07) is 6.66. The first-order valence-electron chi connectivity index (χ1n) is 7.06. The Balaban J connectivity index is 2.37. The minimum Gasteiger partial charge on any atom is -0.494 e. The number of carbonyl (C=O) groups is 1. The molecule has 0 spiro atoms. The van der Waals surface area contributed by atoms with Crippen LogP contribution in [0.1, 0.15) is 16.7 Å². The largest absolute Gasteiger partial charge is 0.494 e. The number of rotatable bonds is 2. The topological polar surface area (TPSA) is 132 Å². The summed E-state index contributed by atoms with van der Waals surface area (Å²) >= 11 is 0. The molecule has 3 rings (SSSR count). The van der Waals surface area contributed by atoms with E-state index < -0.39 is 23.0 Å². The van der Waals surface area contributed by atoms with E-state index in [9.17, 15) is 19.5 Å². The van der Waals surface area contributed by atoms with Crippen molar-refractivity contribution in [3.8, 4) is 5.88 Å². The van der Waals surface area contributed by atoms with Crippen molar-refractivity contribution < 1.29 is 9.90 Å². The maximum absolute atomic E-state index is 12.1. The summed E-state index contributed by atoms with van der Waals surface area (Å²) in [6.45, 7) is 7.26. The molecule has 2 heterocycles. The number of nitrogens with one attached hydrogen (secondary N) is 3. The second-order valence-corrected chi connectivity index (χ2v) is 5.03. The lowest BCUT2D eigenvalue weighted by Gasteiger charge is -2.04. The highest BCUT2D eigenvalue weighted by atomic mass is 16.3. The molecular weight excluding hydrogens is 326 g/mol. The molecule has 0 atom stereocenters. The van der Waals surface area contributed by atoms with Crippen molar-refractivity contribution in [3.63, 3.8) is 0 Å². The number of aromatic hydroxyl groups is 1. The number of hydrogen-bond acceptors (Lipinski definition) is 5. The number of H-pyrrole nitrogens is 2. The Hall–Kier alpha value is -3.93. The summed E-state index contributed by atoms with van der Waals surface area (Å²) < 4.78 is 0. The van der Waals surface area contributed by atoms with Gasteiger partial charge in [-0.1, -0.05) is 24.3 Å². The Labute approximate surface area is 140 Å². The number of likely N-dealkylation sites (N-methyl/N-ethyl adjacent to an activating group) is 1. The van der Waals surface area contributed by atoms with Gasteiger partial charge in [0.05, 0.1) is 18.0 Å². The first-order valence-corrected chi connectivity index (χ1v) is 7.06. The van der Waals surface area contributed by atoms with Gasteiger partial charge in [-0.15, -0.1) is 0 Å². The van der Waals surface area contributed by atoms with Gasteiger partial charge in [0, 0.05) is 12.6 Å². The van der Waals surface area contributed by atoms with E-state index in [0.717, 1.165) is 0 Å². The highest BCUT2D eigenvalue weighted by molar-refractivity contribution is 6.23. The summed E-state index contributed by atoms with van der Waals surface area (Å²) in [6.07, 6.45) is 0. The number of hydrogen-bond donors (Lipinski definition) is 4. The third-order valence-electron chi connectivity index (χ3n) is 3.60. The Morgan fingerprint density at radius 3 is 2.52 bits per heavy atom. The Kier molecular flexibility index (Phi) is 3.79. The number of aliphatic imine (C=N–C) groups is 1. The molecule has 0 fully saturated rings. The maximum Gasteiger partial charge on any atom is 0.328 e. The number of carbonyl (C=O) groups excluding carboxylic acids is 1. The molecule has 0 bridgehead atoms. The predicted molar refractivity (Wildman–Crippen MR) is 89.0 cm³/mol. The molecule has 2 aromatic rings. The molecule has 1 aliphatic rings. The van der Waals surface area contributed by atoms with Crippen LogP contribution in [-0.4, -0.2) is 33.7 Å². The van der Waals surface area contributed by atoms with Crippen LogP contribution in [-0.2, 0) is 4.79 Å². The Morgan fingerprint density at radius 2 is 1.92 bits per heavy atom. The number of aromatic nitrogens is 2. The van der Waals surface area contributed by atoms with Crippen LogP contribution in [0.5, 0.6) is 5.88 Å². The summed E-state index contributed by atoms with van der Waals surface area (Å²) in [4.78, 5) is 46.9. The summed E-state index contributed by atoms with van der Waals surface area (Å²) in [7, 11) is 1.39. The van der Waals surface area contributed by atoms with Gasteiger partial charge in [-0.05, 0) is 5.56 Å². The van der Waals surface area contributed by atoms with E-state index in [1.807, 2.05) is 4.98 Å². The zero-order valence-corrected chi connectivity index (χ0v) is 12.9. The van der Waals surface area contributed by atoms with E-state index in [1.54, 1.807) is 24.3 Å². The van der Waals surface area contributed by atoms with Gasteiger partial charge in [0.15, 0.2) is 0 Å². The summed E-state index contributed by atoms with van der Waals surface area (Å²) in [5.74, 6) is -1.27. The second kappa shape index (κ2) is 5.93. The minimum absolute atomic E-state index is 0.0608. The van der Waals surface area contributed by atoms with Gasteiger partial charge >= 0.3 is 5.69 Å². The van der Waals surface area contributed by atoms with Crippen molar-refractivity contribution in [1.82, 2.24) is 15.3 Å². The van der Waals surface area contributed by atoms with Gasteiger partial charge in [-0.2, -0.15) is 0 Å². The van der Waals surface area contributed by atoms with Crippen LogP contribution in [0.3, 0.4) is 0 Å². The molecule has 1 amide bonds. The van der Waals surface area contributed by atoms with Crippen LogP contribution >= 0.6 is 0 Å². The summed E-state index contributed by atoms with van der Waals surface area (Å²) in [5, 5.41) is 12.3. The fourth-order valence-electron chi connectivity index (χ4n) is 2.52. The van der Waals surface area contributed by atoms with Crippen LogP contribution < -0.4 is 16.6 Å². The highest BCUT2D eigenvalue weighted by Crippen LogP contribution is 2.34. The molecule has 0 radical (unpaired) electrons. The van der Waals surface area contributed by atoms with Crippen molar-refractivity contribution in [3.05, 3.63) is 78.9 Å². The van der Waals surface area contributed by atoms with Crippen LogP contribution in [0.25, 0.3) is 10.5 Å². The third-order valence-corrected chi connectivity index (χ3v) is 3.60. The molecule has 1 aliphatic heterocycles. The summed E-state index contributed by atoms with van der Waals surface area (Å²) in [5.41, 5.74) is -1.11. The molecule has 0 aliphatic carbocycles. The number of nitrogens with zero attached hydrogens (tertiary/aromatic N) is 2. The molecule has 124 valence electrons. The van der Waals surface area contributed by atoms with E-state index in [-0.39, 0.29) is 22.7 Å². The molecule has 9 nitrogen and oxygen atoms in total. The fraction of sp³-hybridized carbons (Fsp3) is 0.0625. The molecule has 25 heavy (non-hydrogen) atoms. The Bertz CT molecular complexity index is 1110. The van der Waals surface area contributed by atoms with Crippen LogP contribution in [0.15, 0.2) is 44.5 Å². The molecule has 0 unspecified atom stereocenters. The first-order chi connectivity index (χ1) is 12.0. The highest BCUT2D eigenvalue weighted by Gasteiger charge is 2.29. The van der Waals surface area contributed by atoms with Crippen molar-refractivity contribution >= 4 is 17.3 Å². The monoisotopic (exact) mass is 337 g/mol. The van der Waals surface area contributed by atoms with Crippen molar-refractivity contribution in [2.75, 3.05) is 7.05 Å². The van der Waals surface area contributed by atoms with Crippen LogP contribution in [0.4, 0.5) is 0 Å². The lowest BCUT2D eigenvalue weighted by molar-refractivity contribution is -0.116. The third kappa shape index (κ3) is 2.51. The zero-order valence-electron chi connectivity index (χ0n) is 12.9. The normalized spacial score (nSPS) is 14.3. The van der Waals surface area contributed by atoms with E-state index >= 15 is 0 Å². The number of fused-ring (bicyclic) bond motifs is 1. The first kappa shape index (κ1) is 15.9. The smallest absolute Gasteiger partial charge is 0.328 e.